The standard InChI is InChI=1S/C14H21NO3.CH4O/c1-11-7-15(9-14(10-16)18-11)8-12-3-5-13(17-2)6-4-12;1-2/h3-6,11,14,16H,7-10H2,1-2H3;2H,1H3/t11-,14-;/m1./s1. The van der Waals surface area contributed by atoms with Crippen molar-refractivity contribution in [2.24, 2.45) is 0 Å². The highest BCUT2D eigenvalue weighted by molar-refractivity contribution is 5.27. The first kappa shape index (κ1) is 16.9. The number of nitrogens with zero attached hydrogens (tertiary/aromatic N) is 1. The Kier molecular flexibility index (Phi) is 7.54. The average Bonchev–Trinajstić information content (AvgIpc) is 2.49. The van der Waals surface area contributed by atoms with Crippen LogP contribution in [-0.2, 0) is 11.3 Å². The third-order valence-electron chi connectivity index (χ3n) is 3.17. The van der Waals surface area contributed by atoms with Crippen molar-refractivity contribution in [1.29, 1.82) is 0 Å². The van der Waals surface area contributed by atoms with Crippen molar-refractivity contribution in [3.63, 3.8) is 0 Å². The van der Waals surface area contributed by atoms with Gasteiger partial charge < -0.3 is 19.7 Å². The van der Waals surface area contributed by atoms with Gasteiger partial charge >= 0.3 is 0 Å². The Bertz CT molecular complexity index is 369. The molecular weight excluding hydrogens is 258 g/mol. The molecule has 20 heavy (non-hydrogen) atoms. The molecule has 1 aromatic carbocycles. The van der Waals surface area contributed by atoms with Crippen LogP contribution >= 0.6 is 0 Å². The minimum Gasteiger partial charge on any atom is -0.497 e. The molecule has 1 heterocycles. The van der Waals surface area contributed by atoms with E-state index in [2.05, 4.69) is 17.0 Å². The highest BCUT2D eigenvalue weighted by Crippen LogP contribution is 2.16. The Morgan fingerprint density at radius 2 is 1.90 bits per heavy atom. The highest BCUT2D eigenvalue weighted by atomic mass is 16.5. The molecule has 0 aromatic heterocycles. The van der Waals surface area contributed by atoms with Crippen molar-refractivity contribution in [1.82, 2.24) is 4.90 Å². The summed E-state index contributed by atoms with van der Waals surface area (Å²) in [5.41, 5.74) is 1.25. The van der Waals surface area contributed by atoms with Crippen LogP contribution in [0, 0.1) is 0 Å². The zero-order chi connectivity index (χ0) is 15.0. The molecule has 5 heteroatoms. The maximum atomic E-state index is 9.19. The van der Waals surface area contributed by atoms with E-state index in [1.807, 2.05) is 19.1 Å². The number of morpholine rings is 1. The summed E-state index contributed by atoms with van der Waals surface area (Å²) in [6.07, 6.45) is 0.112. The lowest BCUT2D eigenvalue weighted by atomic mass is 10.1. The van der Waals surface area contributed by atoms with Crippen LogP contribution in [-0.4, -0.2) is 61.2 Å². The zero-order valence-corrected chi connectivity index (χ0v) is 12.5. The first-order chi connectivity index (χ1) is 9.71. The van der Waals surface area contributed by atoms with Crippen molar-refractivity contribution >= 4 is 0 Å². The van der Waals surface area contributed by atoms with E-state index in [1.54, 1.807) is 7.11 Å². The maximum absolute atomic E-state index is 9.19. The summed E-state index contributed by atoms with van der Waals surface area (Å²) < 4.78 is 10.8. The fraction of sp³-hybridized carbons (Fsp3) is 0.600. The van der Waals surface area contributed by atoms with E-state index < -0.39 is 0 Å². The number of methoxy groups -OCH3 is 1. The fourth-order valence-corrected chi connectivity index (χ4v) is 2.36. The molecule has 0 spiro atoms. The molecule has 0 bridgehead atoms. The molecule has 0 unspecified atom stereocenters. The van der Waals surface area contributed by atoms with Crippen LogP contribution in [0.15, 0.2) is 24.3 Å². The predicted octanol–water partition coefficient (Wildman–Crippen LogP) is 0.885. The molecule has 0 radical (unpaired) electrons. The molecule has 1 aliphatic heterocycles. The smallest absolute Gasteiger partial charge is 0.118 e. The van der Waals surface area contributed by atoms with Crippen molar-refractivity contribution in [2.45, 2.75) is 25.7 Å². The Hall–Kier alpha value is -1.14. The molecule has 1 aliphatic rings. The molecule has 114 valence electrons. The minimum atomic E-state index is -0.0630. The van der Waals surface area contributed by atoms with Crippen LogP contribution in [0.2, 0.25) is 0 Å². The topological polar surface area (TPSA) is 62.2 Å². The van der Waals surface area contributed by atoms with Gasteiger partial charge in [-0.25, -0.2) is 0 Å². The minimum absolute atomic E-state index is 0.0630. The average molecular weight is 283 g/mol. The SMILES string of the molecule is CO.COc1ccc(CN2C[C@H](CO)O[C@H](C)C2)cc1. The van der Waals surface area contributed by atoms with Crippen molar-refractivity contribution < 1.29 is 19.7 Å². The molecule has 0 aliphatic carbocycles. The quantitative estimate of drug-likeness (QED) is 0.859. The summed E-state index contributed by atoms with van der Waals surface area (Å²) in [6.45, 7) is 4.70. The third-order valence-corrected chi connectivity index (χ3v) is 3.17. The number of aliphatic hydroxyl groups excluding tert-OH is 2. The number of aliphatic hydroxyl groups is 2. The van der Waals surface area contributed by atoms with Crippen LogP contribution < -0.4 is 4.74 Å². The normalized spacial score (nSPS) is 22.9. The van der Waals surface area contributed by atoms with Crippen LogP contribution in [0.4, 0.5) is 0 Å². The molecule has 0 amide bonds. The van der Waals surface area contributed by atoms with Gasteiger partial charge in [-0.1, -0.05) is 12.1 Å². The molecular formula is C15H25NO4. The lowest BCUT2D eigenvalue weighted by Gasteiger charge is -2.36. The molecule has 5 nitrogen and oxygen atoms in total. The van der Waals surface area contributed by atoms with Gasteiger partial charge in [0, 0.05) is 26.7 Å². The summed E-state index contributed by atoms with van der Waals surface area (Å²) in [6, 6.07) is 8.10. The van der Waals surface area contributed by atoms with Gasteiger partial charge in [0.2, 0.25) is 0 Å². The molecule has 1 aromatic rings. The van der Waals surface area contributed by atoms with E-state index in [-0.39, 0.29) is 18.8 Å². The van der Waals surface area contributed by atoms with Crippen LogP contribution in [0.5, 0.6) is 5.75 Å². The van der Waals surface area contributed by atoms with E-state index in [0.29, 0.717) is 0 Å². The van der Waals surface area contributed by atoms with E-state index in [9.17, 15) is 5.11 Å². The summed E-state index contributed by atoms with van der Waals surface area (Å²) >= 11 is 0. The summed E-state index contributed by atoms with van der Waals surface area (Å²) in [5.74, 6) is 0.877. The molecule has 1 saturated heterocycles. The Morgan fingerprint density at radius 3 is 2.45 bits per heavy atom. The third kappa shape index (κ3) is 5.09. The number of hydrogen-bond donors (Lipinski definition) is 2. The van der Waals surface area contributed by atoms with Gasteiger partial charge in [0.1, 0.15) is 5.75 Å². The number of ether oxygens (including phenoxy) is 2. The van der Waals surface area contributed by atoms with E-state index in [0.717, 1.165) is 32.5 Å². The molecule has 0 saturated carbocycles. The van der Waals surface area contributed by atoms with Gasteiger partial charge in [0.05, 0.1) is 25.9 Å². The van der Waals surface area contributed by atoms with Gasteiger partial charge in [0.25, 0.3) is 0 Å². The predicted molar refractivity (Wildman–Crippen MR) is 77.8 cm³/mol. The second kappa shape index (κ2) is 8.92. The van der Waals surface area contributed by atoms with Crippen molar-refractivity contribution in [3.8, 4) is 5.75 Å². The molecule has 2 N–H and O–H groups in total. The van der Waals surface area contributed by atoms with E-state index in [1.165, 1.54) is 5.56 Å². The monoisotopic (exact) mass is 283 g/mol. The van der Waals surface area contributed by atoms with Crippen molar-refractivity contribution in [3.05, 3.63) is 29.8 Å². The maximum Gasteiger partial charge on any atom is 0.118 e. The Morgan fingerprint density at radius 1 is 1.25 bits per heavy atom. The second-order valence-electron chi connectivity index (χ2n) is 4.79. The Labute approximate surface area is 120 Å². The lowest BCUT2D eigenvalue weighted by molar-refractivity contribution is -0.0972. The zero-order valence-electron chi connectivity index (χ0n) is 12.5. The van der Waals surface area contributed by atoms with Gasteiger partial charge in [-0.15, -0.1) is 0 Å². The summed E-state index contributed by atoms with van der Waals surface area (Å²) in [4.78, 5) is 2.32. The molecule has 2 atom stereocenters. The van der Waals surface area contributed by atoms with Gasteiger partial charge in [-0.05, 0) is 24.6 Å². The van der Waals surface area contributed by atoms with Crippen molar-refractivity contribution in [2.75, 3.05) is 33.9 Å². The van der Waals surface area contributed by atoms with Crippen LogP contribution in [0.1, 0.15) is 12.5 Å². The second-order valence-corrected chi connectivity index (χ2v) is 4.79. The summed E-state index contributed by atoms with van der Waals surface area (Å²) in [5, 5.41) is 16.2. The van der Waals surface area contributed by atoms with Gasteiger partial charge in [-0.3, -0.25) is 4.90 Å². The van der Waals surface area contributed by atoms with Crippen LogP contribution in [0.3, 0.4) is 0 Å². The Balaban J connectivity index is 0.000000956. The summed E-state index contributed by atoms with van der Waals surface area (Å²) in [7, 11) is 2.67. The number of rotatable bonds is 4. The lowest BCUT2D eigenvalue weighted by Crippen LogP contribution is -2.47. The fourth-order valence-electron chi connectivity index (χ4n) is 2.36. The number of benzene rings is 1. The highest BCUT2D eigenvalue weighted by Gasteiger charge is 2.24. The van der Waals surface area contributed by atoms with Gasteiger partial charge in [-0.2, -0.15) is 0 Å². The largest absolute Gasteiger partial charge is 0.497 e. The van der Waals surface area contributed by atoms with E-state index in [4.69, 9.17) is 14.6 Å². The van der Waals surface area contributed by atoms with Gasteiger partial charge in [0.15, 0.2) is 0 Å². The van der Waals surface area contributed by atoms with E-state index >= 15 is 0 Å². The first-order valence-electron chi connectivity index (χ1n) is 6.77. The molecule has 1 fully saturated rings. The number of hydrogen-bond acceptors (Lipinski definition) is 5. The van der Waals surface area contributed by atoms with Crippen LogP contribution in [0.25, 0.3) is 0 Å². The molecule has 2 rings (SSSR count). The first-order valence-corrected chi connectivity index (χ1v) is 6.77.